The van der Waals surface area contributed by atoms with Crippen LogP contribution in [0.5, 0.6) is 17.2 Å². The van der Waals surface area contributed by atoms with Gasteiger partial charge >= 0.3 is 12.1 Å². The van der Waals surface area contributed by atoms with Crippen molar-refractivity contribution in [2.24, 2.45) is 0 Å². The average Bonchev–Trinajstić information content (AvgIpc) is 3.03. The molecule has 5 nitrogen and oxygen atoms in total. The van der Waals surface area contributed by atoms with Crippen molar-refractivity contribution in [3.63, 3.8) is 0 Å². The summed E-state index contributed by atoms with van der Waals surface area (Å²) in [6.07, 6.45) is -1.09. The molecule has 2 N–H and O–H groups in total. The average molecular weight is 472 g/mol. The van der Waals surface area contributed by atoms with Gasteiger partial charge in [-0.2, -0.15) is 13.2 Å². The van der Waals surface area contributed by atoms with Crippen molar-refractivity contribution in [2.75, 3.05) is 6.61 Å². The van der Waals surface area contributed by atoms with Gasteiger partial charge in [0.15, 0.2) is 12.4 Å². The smallest absolute Gasteiger partial charge is 0.420 e. The maximum atomic E-state index is 13.6. The van der Waals surface area contributed by atoms with Gasteiger partial charge in [-0.25, -0.2) is 4.79 Å². The first-order valence-corrected chi connectivity index (χ1v) is 9.51. The second-order valence-corrected chi connectivity index (χ2v) is 7.19. The standard InChI is InChI=1S/C20H17BrF3NO4/c1-2-3-11-9-25-17-5-4-12(6-14(11)17)29-19-15(20(22,23)24)7-13(8-16(19)21)28-10-18(26)27/h4-9,25H,2-3,10H2,1H3,(H,26,27). The lowest BCUT2D eigenvalue weighted by Crippen LogP contribution is -2.12. The van der Waals surface area contributed by atoms with Crippen LogP contribution in [0.25, 0.3) is 10.9 Å². The van der Waals surface area contributed by atoms with Gasteiger partial charge in [-0.05, 0) is 58.2 Å². The van der Waals surface area contributed by atoms with Gasteiger partial charge in [-0.3, -0.25) is 0 Å². The van der Waals surface area contributed by atoms with E-state index in [0.717, 1.165) is 35.4 Å². The van der Waals surface area contributed by atoms with Gasteiger partial charge in [0, 0.05) is 17.1 Å². The van der Waals surface area contributed by atoms with Gasteiger partial charge in [0.1, 0.15) is 17.1 Å². The van der Waals surface area contributed by atoms with Crippen LogP contribution in [0, 0.1) is 0 Å². The Bertz CT molecular complexity index is 1050. The number of hydrogen-bond donors (Lipinski definition) is 2. The molecule has 0 atom stereocenters. The molecular weight excluding hydrogens is 455 g/mol. The normalized spacial score (nSPS) is 11.6. The summed E-state index contributed by atoms with van der Waals surface area (Å²) in [6.45, 7) is 1.29. The third-order valence-electron chi connectivity index (χ3n) is 4.16. The topological polar surface area (TPSA) is 71.5 Å². The lowest BCUT2D eigenvalue weighted by atomic mass is 10.1. The SMILES string of the molecule is CCCc1c[nH]c2ccc(Oc3c(Br)cc(OCC(=O)O)cc3C(F)(F)F)cc12. The van der Waals surface area contributed by atoms with Gasteiger partial charge in [0.05, 0.1) is 4.47 Å². The second-order valence-electron chi connectivity index (χ2n) is 6.34. The summed E-state index contributed by atoms with van der Waals surface area (Å²) in [7, 11) is 0. The highest BCUT2D eigenvalue weighted by Crippen LogP contribution is 2.45. The van der Waals surface area contributed by atoms with Crippen LogP contribution in [0.2, 0.25) is 0 Å². The van der Waals surface area contributed by atoms with Crippen molar-refractivity contribution in [3.05, 3.63) is 52.1 Å². The number of rotatable bonds is 7. The molecular formula is C20H17BrF3NO4. The molecule has 0 saturated carbocycles. The number of carbonyl (C=O) groups is 1. The Balaban J connectivity index is 2.00. The maximum absolute atomic E-state index is 13.6. The van der Waals surface area contributed by atoms with E-state index in [4.69, 9.17) is 14.6 Å². The summed E-state index contributed by atoms with van der Waals surface area (Å²) in [5, 5.41) is 9.55. The highest BCUT2D eigenvalue weighted by atomic mass is 79.9. The van der Waals surface area contributed by atoms with E-state index in [1.165, 1.54) is 6.07 Å². The second kappa shape index (κ2) is 8.36. The van der Waals surface area contributed by atoms with Crippen LogP contribution in [0.15, 0.2) is 41.0 Å². The van der Waals surface area contributed by atoms with Crippen molar-refractivity contribution < 1.29 is 32.5 Å². The molecule has 0 spiro atoms. The minimum absolute atomic E-state index is 0.00402. The number of H-pyrrole nitrogens is 1. The van der Waals surface area contributed by atoms with Gasteiger partial charge in [-0.1, -0.05) is 13.3 Å². The number of nitrogens with one attached hydrogen (secondary N) is 1. The highest BCUT2D eigenvalue weighted by Gasteiger charge is 2.36. The molecule has 0 amide bonds. The summed E-state index contributed by atoms with van der Waals surface area (Å²) in [6, 6.07) is 6.98. The summed E-state index contributed by atoms with van der Waals surface area (Å²) in [5.41, 5.74) is 0.851. The third kappa shape index (κ3) is 4.84. The van der Waals surface area contributed by atoms with E-state index in [9.17, 15) is 18.0 Å². The number of hydrogen-bond acceptors (Lipinski definition) is 3. The Hall–Kier alpha value is -2.68. The van der Waals surface area contributed by atoms with Gasteiger partial charge < -0.3 is 19.6 Å². The number of fused-ring (bicyclic) bond motifs is 1. The van der Waals surface area contributed by atoms with Crippen LogP contribution in [-0.2, 0) is 17.4 Å². The first kappa shape index (κ1) is 21.0. The molecule has 2 aromatic carbocycles. The maximum Gasteiger partial charge on any atom is 0.420 e. The lowest BCUT2D eigenvalue weighted by Gasteiger charge is -2.17. The molecule has 3 aromatic rings. The first-order chi connectivity index (χ1) is 13.7. The number of alkyl halides is 3. The summed E-state index contributed by atoms with van der Waals surface area (Å²) in [4.78, 5) is 13.8. The zero-order valence-electron chi connectivity index (χ0n) is 15.3. The highest BCUT2D eigenvalue weighted by molar-refractivity contribution is 9.10. The summed E-state index contributed by atoms with van der Waals surface area (Å²) >= 11 is 3.08. The van der Waals surface area contributed by atoms with E-state index in [1.807, 2.05) is 13.1 Å². The van der Waals surface area contributed by atoms with E-state index in [2.05, 4.69) is 20.9 Å². The Kier molecular flexibility index (Phi) is 6.07. The molecule has 0 radical (unpaired) electrons. The van der Waals surface area contributed by atoms with Crippen LogP contribution < -0.4 is 9.47 Å². The predicted octanol–water partition coefficient (Wildman–Crippen LogP) is 6.16. The number of aromatic amines is 1. The zero-order chi connectivity index (χ0) is 21.2. The fraction of sp³-hybridized carbons (Fsp3) is 0.250. The van der Waals surface area contributed by atoms with Crippen molar-refractivity contribution in [2.45, 2.75) is 25.9 Å². The number of carboxylic acid groups (broad SMARTS) is 1. The van der Waals surface area contributed by atoms with Crippen LogP contribution >= 0.6 is 15.9 Å². The molecule has 3 rings (SSSR count). The quantitative estimate of drug-likeness (QED) is 0.432. The molecule has 1 aromatic heterocycles. The molecule has 29 heavy (non-hydrogen) atoms. The molecule has 0 saturated heterocycles. The Morgan fingerprint density at radius 3 is 2.62 bits per heavy atom. The van der Waals surface area contributed by atoms with Gasteiger partial charge in [0.2, 0.25) is 0 Å². The Morgan fingerprint density at radius 1 is 1.21 bits per heavy atom. The molecule has 0 bridgehead atoms. The molecule has 0 fully saturated rings. The summed E-state index contributed by atoms with van der Waals surface area (Å²) < 4.78 is 51.3. The van der Waals surface area contributed by atoms with E-state index < -0.39 is 30.1 Å². The minimum Gasteiger partial charge on any atom is -0.482 e. The molecule has 154 valence electrons. The summed E-state index contributed by atoms with van der Waals surface area (Å²) in [5.74, 6) is -1.70. The van der Waals surface area contributed by atoms with E-state index >= 15 is 0 Å². The van der Waals surface area contributed by atoms with Crippen molar-refractivity contribution in [1.29, 1.82) is 0 Å². The van der Waals surface area contributed by atoms with Crippen molar-refractivity contribution in [1.82, 2.24) is 4.98 Å². The number of aromatic nitrogens is 1. The molecule has 1 heterocycles. The molecule has 0 aliphatic heterocycles. The lowest BCUT2D eigenvalue weighted by molar-refractivity contribution is -0.139. The van der Waals surface area contributed by atoms with E-state index in [-0.39, 0.29) is 16.0 Å². The number of carboxylic acids is 1. The van der Waals surface area contributed by atoms with Crippen molar-refractivity contribution >= 4 is 32.8 Å². The number of ether oxygens (including phenoxy) is 2. The van der Waals surface area contributed by atoms with Gasteiger partial charge in [0.25, 0.3) is 0 Å². The van der Waals surface area contributed by atoms with Crippen LogP contribution in [0.4, 0.5) is 13.2 Å². The predicted molar refractivity (Wildman–Crippen MR) is 105 cm³/mol. The minimum atomic E-state index is -4.73. The molecule has 0 aliphatic rings. The van der Waals surface area contributed by atoms with E-state index in [1.54, 1.807) is 18.2 Å². The molecule has 9 heteroatoms. The Labute approximate surface area is 172 Å². The zero-order valence-corrected chi connectivity index (χ0v) is 16.9. The fourth-order valence-electron chi connectivity index (χ4n) is 2.93. The van der Waals surface area contributed by atoms with E-state index in [0.29, 0.717) is 0 Å². The molecule has 0 unspecified atom stereocenters. The number of halogens is 4. The number of benzene rings is 2. The monoisotopic (exact) mass is 471 g/mol. The van der Waals surface area contributed by atoms with Crippen LogP contribution in [0.1, 0.15) is 24.5 Å². The first-order valence-electron chi connectivity index (χ1n) is 8.72. The van der Waals surface area contributed by atoms with Gasteiger partial charge in [-0.15, -0.1) is 0 Å². The van der Waals surface area contributed by atoms with Crippen LogP contribution in [-0.4, -0.2) is 22.7 Å². The van der Waals surface area contributed by atoms with Crippen molar-refractivity contribution in [3.8, 4) is 17.2 Å². The largest absolute Gasteiger partial charge is 0.482 e. The third-order valence-corrected chi connectivity index (χ3v) is 4.75. The Morgan fingerprint density at radius 2 is 1.97 bits per heavy atom. The molecule has 0 aliphatic carbocycles. The number of aryl methyl sites for hydroxylation is 1. The fourth-order valence-corrected chi connectivity index (χ4v) is 3.45. The number of aliphatic carboxylic acids is 1. The van der Waals surface area contributed by atoms with Crippen LogP contribution in [0.3, 0.4) is 0 Å².